The van der Waals surface area contributed by atoms with Gasteiger partial charge in [-0.15, -0.1) is 0 Å². The van der Waals surface area contributed by atoms with Gasteiger partial charge < -0.3 is 9.64 Å². The smallest absolute Gasteiger partial charge is 0.406 e. The summed E-state index contributed by atoms with van der Waals surface area (Å²) in [5, 5.41) is 0. The Balaban J connectivity index is 2.41. The van der Waals surface area contributed by atoms with Gasteiger partial charge in [-0.3, -0.25) is 4.79 Å². The van der Waals surface area contributed by atoms with Crippen LogP contribution in [0.1, 0.15) is 55.8 Å². The Morgan fingerprint density at radius 2 is 1.80 bits per heavy atom. The summed E-state index contributed by atoms with van der Waals surface area (Å²) in [6, 6.07) is 3.76. The van der Waals surface area contributed by atoms with Gasteiger partial charge in [-0.25, -0.2) is 8.42 Å². The second-order valence-electron chi connectivity index (χ2n) is 7.38. The van der Waals surface area contributed by atoms with E-state index in [0.717, 1.165) is 31.7 Å². The Labute approximate surface area is 176 Å². The molecule has 30 heavy (non-hydrogen) atoms. The summed E-state index contributed by atoms with van der Waals surface area (Å²) in [5.74, 6) is -0.789. The third-order valence-electron chi connectivity index (χ3n) is 5.03. The highest BCUT2D eigenvalue weighted by molar-refractivity contribution is 7.89. The molecular weight excluding hydrogens is 421 g/mol. The van der Waals surface area contributed by atoms with Crippen LogP contribution in [0.4, 0.5) is 13.2 Å². The third kappa shape index (κ3) is 6.34. The first-order valence-corrected chi connectivity index (χ1v) is 11.6. The van der Waals surface area contributed by atoms with E-state index in [1.807, 2.05) is 6.92 Å². The molecule has 6 nitrogen and oxygen atoms in total. The molecule has 1 saturated heterocycles. The standard InChI is InChI=1S/C20H29F3N2O4S/c1-3-4-11-24(15-20(21,22)23)19(26)16-9-10-17(29-2)18(14-16)30(27,28)25-12-7-5-6-8-13-25/h9-10,14H,3-8,11-13,15H2,1-2H3. The summed E-state index contributed by atoms with van der Waals surface area (Å²) in [7, 11) is -2.63. The number of hydrogen-bond acceptors (Lipinski definition) is 4. The van der Waals surface area contributed by atoms with E-state index in [2.05, 4.69) is 0 Å². The molecule has 0 aliphatic carbocycles. The molecule has 1 aliphatic rings. The lowest BCUT2D eigenvalue weighted by molar-refractivity contribution is -0.140. The summed E-state index contributed by atoms with van der Waals surface area (Å²) >= 11 is 0. The van der Waals surface area contributed by atoms with Crippen LogP contribution in [0, 0.1) is 0 Å². The molecule has 0 aromatic heterocycles. The van der Waals surface area contributed by atoms with Crippen LogP contribution in [0.3, 0.4) is 0 Å². The molecule has 10 heteroatoms. The molecule has 0 N–H and O–H groups in total. The molecule has 0 unspecified atom stereocenters. The zero-order valence-corrected chi connectivity index (χ0v) is 18.2. The average Bonchev–Trinajstić information content (AvgIpc) is 2.99. The van der Waals surface area contributed by atoms with Crippen LogP contribution in [0.25, 0.3) is 0 Å². The number of nitrogens with zero attached hydrogens (tertiary/aromatic N) is 2. The quantitative estimate of drug-likeness (QED) is 0.599. The normalized spacial score (nSPS) is 16.2. The van der Waals surface area contributed by atoms with E-state index in [0.29, 0.717) is 30.8 Å². The topological polar surface area (TPSA) is 66.9 Å². The number of rotatable bonds is 8. The summed E-state index contributed by atoms with van der Waals surface area (Å²) in [6.07, 6.45) is -0.170. The van der Waals surface area contributed by atoms with E-state index in [1.165, 1.54) is 23.5 Å². The van der Waals surface area contributed by atoms with Crippen molar-refractivity contribution in [1.29, 1.82) is 0 Å². The van der Waals surface area contributed by atoms with Gasteiger partial charge in [-0.2, -0.15) is 17.5 Å². The highest BCUT2D eigenvalue weighted by Gasteiger charge is 2.34. The summed E-state index contributed by atoms with van der Waals surface area (Å²) in [4.78, 5) is 13.3. The molecule has 0 saturated carbocycles. The Morgan fingerprint density at radius 1 is 1.17 bits per heavy atom. The minimum Gasteiger partial charge on any atom is -0.495 e. The number of hydrogen-bond donors (Lipinski definition) is 0. The molecule has 2 rings (SSSR count). The molecule has 1 heterocycles. The van der Waals surface area contributed by atoms with E-state index < -0.39 is 28.7 Å². The fourth-order valence-electron chi connectivity index (χ4n) is 3.43. The van der Waals surface area contributed by atoms with Crippen molar-refractivity contribution >= 4 is 15.9 Å². The molecule has 0 atom stereocenters. The van der Waals surface area contributed by atoms with Gasteiger partial charge in [0.2, 0.25) is 10.0 Å². The van der Waals surface area contributed by atoms with Crippen molar-refractivity contribution in [2.75, 3.05) is 33.3 Å². The van der Waals surface area contributed by atoms with Gasteiger partial charge in [0.25, 0.3) is 5.91 Å². The van der Waals surface area contributed by atoms with E-state index in [9.17, 15) is 26.4 Å². The maximum Gasteiger partial charge on any atom is 0.406 e. The lowest BCUT2D eigenvalue weighted by Crippen LogP contribution is -2.39. The second-order valence-corrected chi connectivity index (χ2v) is 9.29. The SMILES string of the molecule is CCCCN(CC(F)(F)F)C(=O)c1ccc(OC)c(S(=O)(=O)N2CCCCCC2)c1. The third-order valence-corrected chi connectivity index (χ3v) is 6.95. The van der Waals surface area contributed by atoms with Gasteiger partial charge in [0, 0.05) is 25.2 Å². The number of alkyl halides is 3. The average molecular weight is 451 g/mol. The fourth-order valence-corrected chi connectivity index (χ4v) is 5.13. The predicted molar refractivity (Wildman–Crippen MR) is 107 cm³/mol. The first-order chi connectivity index (χ1) is 14.1. The maximum atomic E-state index is 13.2. The van der Waals surface area contributed by atoms with Crippen molar-refractivity contribution in [3.8, 4) is 5.75 Å². The first-order valence-electron chi connectivity index (χ1n) is 10.1. The van der Waals surface area contributed by atoms with E-state index in [1.54, 1.807) is 0 Å². The molecule has 1 aliphatic heterocycles. The maximum absolute atomic E-state index is 13.2. The van der Waals surface area contributed by atoms with Crippen LogP contribution in [0.15, 0.2) is 23.1 Å². The molecule has 1 fully saturated rings. The Morgan fingerprint density at radius 3 is 2.33 bits per heavy atom. The second kappa shape index (κ2) is 10.5. The van der Waals surface area contributed by atoms with Crippen molar-refractivity contribution in [1.82, 2.24) is 9.21 Å². The molecule has 1 aromatic carbocycles. The molecule has 0 bridgehead atoms. The van der Waals surface area contributed by atoms with Crippen LogP contribution in [-0.2, 0) is 10.0 Å². The minimum absolute atomic E-state index is 0.0604. The Bertz CT molecular complexity index is 820. The summed E-state index contributed by atoms with van der Waals surface area (Å²) < 4.78 is 71.8. The Kier molecular flexibility index (Phi) is 8.54. The highest BCUT2D eigenvalue weighted by atomic mass is 32.2. The van der Waals surface area contributed by atoms with Crippen LogP contribution in [0.2, 0.25) is 0 Å². The number of sulfonamides is 1. The largest absolute Gasteiger partial charge is 0.495 e. The predicted octanol–water partition coefficient (Wildman–Crippen LogP) is 4.06. The molecule has 170 valence electrons. The number of amides is 1. The van der Waals surface area contributed by atoms with Gasteiger partial charge >= 0.3 is 6.18 Å². The van der Waals surface area contributed by atoms with Crippen molar-refractivity contribution in [2.24, 2.45) is 0 Å². The number of methoxy groups -OCH3 is 1. The van der Waals surface area contributed by atoms with E-state index >= 15 is 0 Å². The van der Waals surface area contributed by atoms with Crippen LogP contribution in [-0.4, -0.2) is 63.0 Å². The van der Waals surface area contributed by atoms with Gasteiger partial charge in [0.1, 0.15) is 17.2 Å². The molecule has 1 aromatic rings. The number of carbonyl (C=O) groups excluding carboxylic acids is 1. The molecule has 0 spiro atoms. The van der Waals surface area contributed by atoms with E-state index in [4.69, 9.17) is 4.74 Å². The van der Waals surface area contributed by atoms with Crippen LogP contribution in [0.5, 0.6) is 5.75 Å². The van der Waals surface area contributed by atoms with Gasteiger partial charge in [0.15, 0.2) is 0 Å². The van der Waals surface area contributed by atoms with E-state index in [-0.39, 0.29) is 22.8 Å². The number of benzene rings is 1. The lowest BCUT2D eigenvalue weighted by atomic mass is 10.1. The molecular formula is C20H29F3N2O4S. The molecule has 0 radical (unpaired) electrons. The zero-order chi connectivity index (χ0) is 22.4. The van der Waals surface area contributed by atoms with Crippen LogP contribution < -0.4 is 4.74 Å². The first kappa shape index (κ1) is 24.5. The zero-order valence-electron chi connectivity index (χ0n) is 17.4. The lowest BCUT2D eigenvalue weighted by Gasteiger charge is -2.25. The highest BCUT2D eigenvalue weighted by Crippen LogP contribution is 2.30. The molecule has 1 amide bonds. The Hall–Kier alpha value is -1.81. The number of halogens is 3. The van der Waals surface area contributed by atoms with Gasteiger partial charge in [-0.1, -0.05) is 26.2 Å². The summed E-state index contributed by atoms with van der Waals surface area (Å²) in [5.41, 5.74) is -0.107. The summed E-state index contributed by atoms with van der Waals surface area (Å²) in [6.45, 7) is 1.09. The van der Waals surface area contributed by atoms with Crippen molar-refractivity contribution in [3.05, 3.63) is 23.8 Å². The monoisotopic (exact) mass is 450 g/mol. The van der Waals surface area contributed by atoms with Crippen LogP contribution >= 0.6 is 0 Å². The van der Waals surface area contributed by atoms with Crippen molar-refractivity contribution in [2.45, 2.75) is 56.5 Å². The number of carbonyl (C=O) groups is 1. The van der Waals surface area contributed by atoms with Crippen molar-refractivity contribution < 1.29 is 31.1 Å². The minimum atomic E-state index is -4.54. The fraction of sp³-hybridized carbons (Fsp3) is 0.650. The van der Waals surface area contributed by atoms with Gasteiger partial charge in [0.05, 0.1) is 7.11 Å². The van der Waals surface area contributed by atoms with Gasteiger partial charge in [-0.05, 0) is 37.5 Å². The van der Waals surface area contributed by atoms with Crippen molar-refractivity contribution in [3.63, 3.8) is 0 Å². The number of unbranched alkanes of at least 4 members (excludes halogenated alkanes) is 1. The number of ether oxygens (including phenoxy) is 1.